The highest BCUT2D eigenvalue weighted by atomic mass is 16.5. The third-order valence-corrected chi connectivity index (χ3v) is 3.99. The molecule has 0 saturated carbocycles. The lowest BCUT2D eigenvalue weighted by molar-refractivity contribution is 0.205. The number of rotatable bonds is 4. The highest BCUT2D eigenvalue weighted by molar-refractivity contribution is 5.81. The highest BCUT2D eigenvalue weighted by Crippen LogP contribution is 2.28. The lowest BCUT2D eigenvalue weighted by Gasteiger charge is -2.30. The molecule has 3 aromatic heterocycles. The van der Waals surface area contributed by atoms with E-state index in [1.807, 2.05) is 18.5 Å². The van der Waals surface area contributed by atoms with Crippen LogP contribution >= 0.6 is 0 Å². The zero-order valence-corrected chi connectivity index (χ0v) is 12.9. The minimum Gasteiger partial charge on any atom is -0.383 e. The number of aromatic nitrogens is 4. The fourth-order valence-electron chi connectivity index (χ4n) is 2.78. The van der Waals surface area contributed by atoms with Crippen LogP contribution in [0.4, 0.5) is 11.6 Å². The van der Waals surface area contributed by atoms with Crippen molar-refractivity contribution in [2.75, 3.05) is 43.6 Å². The highest BCUT2D eigenvalue weighted by Gasteiger charge is 2.20. The minimum atomic E-state index is 0.669. The molecule has 0 aliphatic carbocycles. The Kier molecular flexibility index (Phi) is 3.55. The van der Waals surface area contributed by atoms with E-state index in [9.17, 15) is 0 Å². The predicted molar refractivity (Wildman–Crippen MR) is 89.7 cm³/mol. The third kappa shape index (κ3) is 2.59. The number of aromatic amines is 1. The Labute approximate surface area is 133 Å². The predicted octanol–water partition coefficient (Wildman–Crippen LogP) is 1.90. The minimum absolute atomic E-state index is 0.669. The number of hydrogen-bond donors (Lipinski definition) is 2. The Bertz CT molecular complexity index is 830. The van der Waals surface area contributed by atoms with Gasteiger partial charge < -0.3 is 19.9 Å². The summed E-state index contributed by atoms with van der Waals surface area (Å²) < 4.78 is 5.19. The molecule has 4 heterocycles. The molecule has 0 atom stereocenters. The van der Waals surface area contributed by atoms with Crippen molar-refractivity contribution in [1.29, 1.82) is 0 Å². The summed E-state index contributed by atoms with van der Waals surface area (Å²) in [6, 6.07) is 4.08. The van der Waals surface area contributed by atoms with Crippen molar-refractivity contribution in [2.24, 2.45) is 0 Å². The van der Waals surface area contributed by atoms with Crippen LogP contribution in [-0.2, 0) is 4.74 Å². The van der Waals surface area contributed by atoms with Crippen molar-refractivity contribution in [3.05, 3.63) is 30.7 Å². The number of methoxy groups -OCH3 is 1. The molecular weight excluding hydrogens is 292 g/mol. The van der Waals surface area contributed by atoms with Gasteiger partial charge in [-0.25, -0.2) is 15.0 Å². The van der Waals surface area contributed by atoms with Crippen molar-refractivity contribution in [3.63, 3.8) is 0 Å². The van der Waals surface area contributed by atoms with Gasteiger partial charge in [-0.3, -0.25) is 0 Å². The van der Waals surface area contributed by atoms with Gasteiger partial charge in [0.15, 0.2) is 11.6 Å². The first kappa shape index (κ1) is 14.0. The van der Waals surface area contributed by atoms with Crippen molar-refractivity contribution < 1.29 is 4.74 Å². The van der Waals surface area contributed by atoms with Gasteiger partial charge in [0, 0.05) is 50.1 Å². The Morgan fingerprint density at radius 2 is 2.26 bits per heavy atom. The van der Waals surface area contributed by atoms with Crippen LogP contribution in [0, 0.1) is 0 Å². The molecule has 2 N–H and O–H groups in total. The largest absolute Gasteiger partial charge is 0.383 e. The van der Waals surface area contributed by atoms with Crippen molar-refractivity contribution in [2.45, 2.75) is 0 Å². The van der Waals surface area contributed by atoms with E-state index in [-0.39, 0.29) is 0 Å². The monoisotopic (exact) mass is 310 g/mol. The summed E-state index contributed by atoms with van der Waals surface area (Å²) in [5.74, 6) is 1.70. The number of nitrogens with zero attached hydrogens (tertiary/aromatic N) is 4. The topological polar surface area (TPSA) is 79.0 Å². The number of H-pyrrole nitrogens is 1. The van der Waals surface area contributed by atoms with Crippen LogP contribution < -0.4 is 10.2 Å². The first-order chi connectivity index (χ1) is 11.3. The molecule has 0 radical (unpaired) electrons. The Balaban J connectivity index is 1.72. The van der Waals surface area contributed by atoms with E-state index in [0.717, 1.165) is 53.6 Å². The summed E-state index contributed by atoms with van der Waals surface area (Å²) in [6.07, 6.45) is 5.50. The van der Waals surface area contributed by atoms with Gasteiger partial charge in [0.05, 0.1) is 18.5 Å². The fraction of sp³-hybridized carbons (Fsp3) is 0.312. The second kappa shape index (κ2) is 5.85. The summed E-state index contributed by atoms with van der Waals surface area (Å²) in [4.78, 5) is 19.1. The van der Waals surface area contributed by atoms with Crippen molar-refractivity contribution in [1.82, 2.24) is 19.9 Å². The van der Waals surface area contributed by atoms with E-state index < -0.39 is 0 Å². The smallest absolute Gasteiger partial charge is 0.172 e. The standard InChI is InChI=1S/C16H18N6O/c1-23-7-6-22-5-4-18-15-16(22)21-13(10-20-15)12-8-11-2-3-17-14(11)19-9-12/h2-3,8-10H,4-7H2,1H3,(H,17,19)(H,18,20). The molecule has 0 bridgehead atoms. The van der Waals surface area contributed by atoms with Gasteiger partial charge in [-0.2, -0.15) is 0 Å². The lowest BCUT2D eigenvalue weighted by atomic mass is 10.2. The van der Waals surface area contributed by atoms with Crippen LogP contribution in [-0.4, -0.2) is 53.3 Å². The average molecular weight is 310 g/mol. The zero-order valence-electron chi connectivity index (χ0n) is 12.9. The van der Waals surface area contributed by atoms with E-state index in [2.05, 4.69) is 31.2 Å². The fourth-order valence-corrected chi connectivity index (χ4v) is 2.78. The van der Waals surface area contributed by atoms with Crippen LogP contribution in [0.25, 0.3) is 22.3 Å². The van der Waals surface area contributed by atoms with Gasteiger partial charge in [-0.15, -0.1) is 0 Å². The summed E-state index contributed by atoms with van der Waals surface area (Å²) >= 11 is 0. The van der Waals surface area contributed by atoms with E-state index in [4.69, 9.17) is 9.72 Å². The molecule has 0 unspecified atom stereocenters. The number of hydrogen-bond acceptors (Lipinski definition) is 6. The maximum Gasteiger partial charge on any atom is 0.172 e. The molecule has 0 spiro atoms. The number of nitrogens with one attached hydrogen (secondary N) is 2. The quantitative estimate of drug-likeness (QED) is 0.766. The molecule has 3 aromatic rings. The zero-order chi connectivity index (χ0) is 15.6. The van der Waals surface area contributed by atoms with E-state index in [0.29, 0.717) is 6.61 Å². The summed E-state index contributed by atoms with van der Waals surface area (Å²) in [7, 11) is 1.71. The molecule has 0 fully saturated rings. The Morgan fingerprint density at radius 1 is 1.30 bits per heavy atom. The first-order valence-corrected chi connectivity index (χ1v) is 7.63. The number of anilines is 2. The van der Waals surface area contributed by atoms with Gasteiger partial charge in [0.1, 0.15) is 5.65 Å². The normalized spacial score (nSPS) is 13.9. The molecule has 23 heavy (non-hydrogen) atoms. The molecule has 0 aromatic carbocycles. The molecule has 118 valence electrons. The maximum atomic E-state index is 5.19. The number of fused-ring (bicyclic) bond motifs is 2. The maximum absolute atomic E-state index is 5.19. The molecule has 7 nitrogen and oxygen atoms in total. The number of ether oxygens (including phenoxy) is 1. The van der Waals surface area contributed by atoms with E-state index in [1.165, 1.54) is 0 Å². The SMILES string of the molecule is COCCN1CCNc2ncc(-c3cnc4[nH]ccc4c3)nc21. The summed E-state index contributed by atoms with van der Waals surface area (Å²) in [6.45, 7) is 3.23. The first-order valence-electron chi connectivity index (χ1n) is 7.63. The van der Waals surface area contributed by atoms with E-state index >= 15 is 0 Å². The van der Waals surface area contributed by atoms with Gasteiger partial charge in [-0.1, -0.05) is 0 Å². The molecule has 1 aliphatic heterocycles. The van der Waals surface area contributed by atoms with Crippen molar-refractivity contribution >= 4 is 22.7 Å². The lowest BCUT2D eigenvalue weighted by Crippen LogP contribution is -2.37. The Hall–Kier alpha value is -2.67. The molecule has 0 saturated heterocycles. The molecule has 4 rings (SSSR count). The summed E-state index contributed by atoms with van der Waals surface area (Å²) in [5, 5.41) is 4.36. The molecule has 0 amide bonds. The number of pyridine rings is 1. The molecule has 7 heteroatoms. The second-order valence-electron chi connectivity index (χ2n) is 5.47. The third-order valence-electron chi connectivity index (χ3n) is 3.99. The van der Waals surface area contributed by atoms with Gasteiger partial charge in [0.25, 0.3) is 0 Å². The van der Waals surface area contributed by atoms with E-state index in [1.54, 1.807) is 13.3 Å². The van der Waals surface area contributed by atoms with Crippen LogP contribution in [0.5, 0.6) is 0 Å². The molecule has 1 aliphatic rings. The van der Waals surface area contributed by atoms with Crippen LogP contribution in [0.15, 0.2) is 30.7 Å². The van der Waals surface area contributed by atoms with Gasteiger partial charge in [-0.05, 0) is 12.1 Å². The summed E-state index contributed by atoms with van der Waals surface area (Å²) in [5.41, 5.74) is 2.66. The Morgan fingerprint density at radius 3 is 3.17 bits per heavy atom. The van der Waals surface area contributed by atoms with Gasteiger partial charge >= 0.3 is 0 Å². The van der Waals surface area contributed by atoms with Crippen LogP contribution in [0.1, 0.15) is 0 Å². The van der Waals surface area contributed by atoms with Crippen molar-refractivity contribution in [3.8, 4) is 11.3 Å². The average Bonchev–Trinajstić information content (AvgIpc) is 3.07. The van der Waals surface area contributed by atoms with Crippen LogP contribution in [0.3, 0.4) is 0 Å². The second-order valence-corrected chi connectivity index (χ2v) is 5.47. The van der Waals surface area contributed by atoms with Gasteiger partial charge in [0.2, 0.25) is 0 Å². The van der Waals surface area contributed by atoms with Crippen LogP contribution in [0.2, 0.25) is 0 Å². The molecular formula is C16H18N6O.